The molecule has 0 unspecified atom stereocenters. The molecule has 3 N–H and O–H groups in total. The summed E-state index contributed by atoms with van der Waals surface area (Å²) in [5.74, 6) is -0.955. The molecule has 3 rings (SSSR count). The number of hydrogen-bond acceptors (Lipinski definition) is 4. The summed E-state index contributed by atoms with van der Waals surface area (Å²) in [6.45, 7) is 1.82. The van der Waals surface area contributed by atoms with Crippen LogP contribution in [-0.2, 0) is 14.4 Å². The SMILES string of the molecule is O=C(O)CC[C@]1(CCC(=O)NC2CCN(c3ccccc3)CC2)CCC(=O)N1. The highest BCUT2D eigenvalue weighted by Gasteiger charge is 2.38. The summed E-state index contributed by atoms with van der Waals surface area (Å²) in [4.78, 5) is 37.3. The Morgan fingerprint density at radius 1 is 1.14 bits per heavy atom. The van der Waals surface area contributed by atoms with Gasteiger partial charge in [-0.25, -0.2) is 0 Å². The maximum atomic E-state index is 12.4. The predicted molar refractivity (Wildman–Crippen MR) is 106 cm³/mol. The highest BCUT2D eigenvalue weighted by Crippen LogP contribution is 2.30. The van der Waals surface area contributed by atoms with Crippen molar-refractivity contribution in [3.8, 4) is 0 Å². The smallest absolute Gasteiger partial charge is 0.303 e. The van der Waals surface area contributed by atoms with Gasteiger partial charge in [-0.3, -0.25) is 14.4 Å². The van der Waals surface area contributed by atoms with E-state index in [1.807, 2.05) is 18.2 Å². The molecule has 7 heteroatoms. The molecule has 2 amide bonds. The number of aliphatic carboxylic acids is 1. The molecule has 7 nitrogen and oxygen atoms in total. The second-order valence-electron chi connectivity index (χ2n) is 7.89. The maximum Gasteiger partial charge on any atom is 0.303 e. The summed E-state index contributed by atoms with van der Waals surface area (Å²) < 4.78 is 0. The third-order valence-electron chi connectivity index (χ3n) is 5.86. The normalized spacial score (nSPS) is 22.7. The lowest BCUT2D eigenvalue weighted by Gasteiger charge is -2.34. The predicted octanol–water partition coefficient (Wildman–Crippen LogP) is 2.07. The third-order valence-corrected chi connectivity index (χ3v) is 5.86. The van der Waals surface area contributed by atoms with Gasteiger partial charge in [-0.05, 0) is 44.2 Å². The van der Waals surface area contributed by atoms with Crippen LogP contribution in [0.25, 0.3) is 0 Å². The summed E-state index contributed by atoms with van der Waals surface area (Å²) in [5.41, 5.74) is 0.661. The van der Waals surface area contributed by atoms with Crippen LogP contribution in [0, 0.1) is 0 Å². The molecule has 2 saturated heterocycles. The summed E-state index contributed by atoms with van der Waals surface area (Å²) in [6.07, 6.45) is 3.97. The van der Waals surface area contributed by atoms with Gasteiger partial charge in [0.1, 0.15) is 0 Å². The van der Waals surface area contributed by atoms with E-state index >= 15 is 0 Å². The fourth-order valence-corrected chi connectivity index (χ4v) is 4.19. The van der Waals surface area contributed by atoms with E-state index < -0.39 is 11.5 Å². The summed E-state index contributed by atoms with van der Waals surface area (Å²) >= 11 is 0. The molecule has 1 aromatic carbocycles. The molecule has 152 valence electrons. The van der Waals surface area contributed by atoms with Crippen LogP contribution in [0.3, 0.4) is 0 Å². The van der Waals surface area contributed by atoms with Gasteiger partial charge in [0.15, 0.2) is 0 Å². The van der Waals surface area contributed by atoms with Crippen LogP contribution in [0.5, 0.6) is 0 Å². The van der Waals surface area contributed by atoms with E-state index in [0.29, 0.717) is 32.1 Å². The van der Waals surface area contributed by atoms with E-state index in [4.69, 9.17) is 5.11 Å². The number of benzene rings is 1. The molecule has 0 aliphatic carbocycles. The van der Waals surface area contributed by atoms with Crippen molar-refractivity contribution >= 4 is 23.5 Å². The Morgan fingerprint density at radius 3 is 2.43 bits per heavy atom. The van der Waals surface area contributed by atoms with Crippen LogP contribution < -0.4 is 15.5 Å². The van der Waals surface area contributed by atoms with Crippen LogP contribution in [0.2, 0.25) is 0 Å². The molecule has 0 spiro atoms. The molecule has 0 radical (unpaired) electrons. The van der Waals surface area contributed by atoms with Crippen LogP contribution >= 0.6 is 0 Å². The molecule has 2 heterocycles. The number of carboxylic acids is 1. The first-order valence-corrected chi connectivity index (χ1v) is 10.1. The minimum Gasteiger partial charge on any atom is -0.481 e. The van der Waals surface area contributed by atoms with Gasteiger partial charge < -0.3 is 20.6 Å². The summed E-state index contributed by atoms with van der Waals surface area (Å²) in [5, 5.41) is 15.0. The zero-order chi connectivity index (χ0) is 20.0. The van der Waals surface area contributed by atoms with Crippen molar-refractivity contribution in [2.75, 3.05) is 18.0 Å². The fraction of sp³-hybridized carbons (Fsp3) is 0.571. The Hall–Kier alpha value is -2.57. The molecule has 0 bridgehead atoms. The third kappa shape index (κ3) is 5.47. The topological polar surface area (TPSA) is 98.7 Å². The fourth-order valence-electron chi connectivity index (χ4n) is 4.19. The van der Waals surface area contributed by atoms with Crippen molar-refractivity contribution in [2.45, 2.75) is 62.9 Å². The largest absolute Gasteiger partial charge is 0.481 e. The molecule has 2 fully saturated rings. The number of piperidine rings is 1. The molecule has 2 aliphatic heterocycles. The summed E-state index contributed by atoms with van der Waals surface area (Å²) in [7, 11) is 0. The van der Waals surface area contributed by atoms with E-state index in [1.165, 1.54) is 5.69 Å². The number of carboxylic acid groups (broad SMARTS) is 1. The second-order valence-corrected chi connectivity index (χ2v) is 7.89. The first-order valence-electron chi connectivity index (χ1n) is 10.1. The standard InChI is InChI=1S/C21H29N3O4/c25-18(6-11-21(13-8-20(27)28)12-7-19(26)23-21)22-16-9-14-24(15-10-16)17-4-2-1-3-5-17/h1-5,16H,6-15H2,(H,22,25)(H,23,26)(H,27,28)/t21-/m0/s1. The first-order chi connectivity index (χ1) is 13.5. The van der Waals surface area contributed by atoms with Crippen molar-refractivity contribution in [3.05, 3.63) is 30.3 Å². The highest BCUT2D eigenvalue weighted by molar-refractivity contribution is 5.80. The number of nitrogens with one attached hydrogen (secondary N) is 2. The van der Waals surface area contributed by atoms with Crippen molar-refractivity contribution in [1.29, 1.82) is 0 Å². The van der Waals surface area contributed by atoms with E-state index in [-0.39, 0.29) is 24.3 Å². The molecular formula is C21H29N3O4. The molecule has 28 heavy (non-hydrogen) atoms. The van der Waals surface area contributed by atoms with Gasteiger partial charge in [0.25, 0.3) is 0 Å². The van der Waals surface area contributed by atoms with Crippen molar-refractivity contribution in [3.63, 3.8) is 0 Å². The zero-order valence-electron chi connectivity index (χ0n) is 16.2. The van der Waals surface area contributed by atoms with E-state index in [2.05, 4.69) is 27.7 Å². The molecule has 0 saturated carbocycles. The number of para-hydroxylation sites is 1. The maximum absolute atomic E-state index is 12.4. The number of carbonyl (C=O) groups excluding carboxylic acids is 2. The summed E-state index contributed by atoms with van der Waals surface area (Å²) in [6, 6.07) is 10.4. The Balaban J connectivity index is 1.44. The van der Waals surface area contributed by atoms with Crippen molar-refractivity contribution in [2.24, 2.45) is 0 Å². The number of rotatable bonds is 8. The Morgan fingerprint density at radius 2 is 1.82 bits per heavy atom. The lowest BCUT2D eigenvalue weighted by Crippen LogP contribution is -2.46. The van der Waals surface area contributed by atoms with Crippen molar-refractivity contribution in [1.82, 2.24) is 10.6 Å². The molecule has 2 aliphatic rings. The van der Waals surface area contributed by atoms with Crippen LogP contribution in [0.4, 0.5) is 5.69 Å². The van der Waals surface area contributed by atoms with Crippen LogP contribution in [0.1, 0.15) is 51.4 Å². The average molecular weight is 387 g/mol. The monoisotopic (exact) mass is 387 g/mol. The molecular weight excluding hydrogens is 358 g/mol. The number of anilines is 1. The van der Waals surface area contributed by atoms with E-state index in [9.17, 15) is 14.4 Å². The number of hydrogen-bond donors (Lipinski definition) is 3. The van der Waals surface area contributed by atoms with Crippen molar-refractivity contribution < 1.29 is 19.5 Å². The molecule has 1 atom stereocenters. The zero-order valence-corrected chi connectivity index (χ0v) is 16.2. The van der Waals surface area contributed by atoms with Gasteiger partial charge in [-0.2, -0.15) is 0 Å². The Bertz CT molecular complexity index is 701. The first kappa shape index (κ1) is 20.2. The van der Waals surface area contributed by atoms with Gasteiger partial charge >= 0.3 is 5.97 Å². The van der Waals surface area contributed by atoms with Crippen LogP contribution in [-0.4, -0.2) is 47.6 Å². The van der Waals surface area contributed by atoms with Gasteiger partial charge in [0, 0.05) is 49.6 Å². The van der Waals surface area contributed by atoms with Gasteiger partial charge in [-0.15, -0.1) is 0 Å². The number of carbonyl (C=O) groups is 3. The van der Waals surface area contributed by atoms with Crippen LogP contribution in [0.15, 0.2) is 30.3 Å². The lowest BCUT2D eigenvalue weighted by atomic mass is 9.86. The average Bonchev–Trinajstić information content (AvgIpc) is 3.08. The van der Waals surface area contributed by atoms with Gasteiger partial charge in [0.05, 0.1) is 0 Å². The minimum absolute atomic E-state index is 0.000154. The molecule has 1 aromatic rings. The number of amides is 2. The van der Waals surface area contributed by atoms with Gasteiger partial charge in [0.2, 0.25) is 11.8 Å². The molecule has 0 aromatic heterocycles. The second kappa shape index (κ2) is 9.08. The highest BCUT2D eigenvalue weighted by atomic mass is 16.4. The minimum atomic E-state index is -0.879. The van der Waals surface area contributed by atoms with Gasteiger partial charge in [-0.1, -0.05) is 18.2 Å². The lowest BCUT2D eigenvalue weighted by molar-refractivity contribution is -0.137. The Labute approximate surface area is 165 Å². The van der Waals surface area contributed by atoms with E-state index in [1.54, 1.807) is 0 Å². The Kier molecular flexibility index (Phi) is 6.54. The van der Waals surface area contributed by atoms with E-state index in [0.717, 1.165) is 25.9 Å². The number of nitrogens with zero attached hydrogens (tertiary/aromatic N) is 1. The quantitative estimate of drug-likeness (QED) is 0.634.